The van der Waals surface area contributed by atoms with Crippen LogP contribution >= 0.6 is 11.3 Å². The van der Waals surface area contributed by atoms with Crippen molar-refractivity contribution >= 4 is 28.2 Å². The van der Waals surface area contributed by atoms with Gasteiger partial charge in [0.05, 0.1) is 12.8 Å². The lowest BCUT2D eigenvalue weighted by atomic mass is 9.85. The van der Waals surface area contributed by atoms with Crippen LogP contribution in [-0.2, 0) is 10.2 Å². The number of rotatable bonds is 6. The smallest absolute Gasteiger partial charge is 0.264 e. The Morgan fingerprint density at radius 2 is 2.00 bits per heavy atom. The van der Waals surface area contributed by atoms with E-state index in [1.807, 2.05) is 48.7 Å². The highest BCUT2D eigenvalue weighted by Crippen LogP contribution is 2.32. The van der Waals surface area contributed by atoms with Crippen molar-refractivity contribution in [3.8, 4) is 22.8 Å². The Hall–Kier alpha value is -3.39. The number of hydrogen-bond donors (Lipinski definition) is 1. The molecule has 0 radical (unpaired) electrons. The SMILES string of the molecule is COc1cccc(-c2csc3nc(NC(=O)COc4ccc(C)cc4C(C)(C)C)nn23)c1. The van der Waals surface area contributed by atoms with E-state index in [4.69, 9.17) is 9.47 Å². The fourth-order valence-electron chi connectivity index (χ4n) is 3.37. The van der Waals surface area contributed by atoms with Gasteiger partial charge in [-0.1, -0.05) is 50.6 Å². The molecule has 2 aromatic heterocycles. The number of fused-ring (bicyclic) bond motifs is 1. The van der Waals surface area contributed by atoms with Crippen molar-refractivity contribution in [1.82, 2.24) is 14.6 Å². The van der Waals surface area contributed by atoms with Crippen molar-refractivity contribution in [1.29, 1.82) is 0 Å². The molecule has 0 saturated carbocycles. The van der Waals surface area contributed by atoms with Crippen molar-refractivity contribution in [2.24, 2.45) is 0 Å². The van der Waals surface area contributed by atoms with Gasteiger partial charge in [0.25, 0.3) is 11.9 Å². The molecule has 4 aromatic rings. The van der Waals surface area contributed by atoms with Gasteiger partial charge in [0.1, 0.15) is 11.5 Å². The number of benzene rings is 2. The topological polar surface area (TPSA) is 77.8 Å². The summed E-state index contributed by atoms with van der Waals surface area (Å²) >= 11 is 1.45. The van der Waals surface area contributed by atoms with E-state index in [1.165, 1.54) is 11.3 Å². The van der Waals surface area contributed by atoms with Gasteiger partial charge in [-0.25, -0.2) is 4.52 Å². The molecule has 0 saturated heterocycles. The van der Waals surface area contributed by atoms with E-state index in [1.54, 1.807) is 11.6 Å². The fourth-order valence-corrected chi connectivity index (χ4v) is 4.21. The Bertz CT molecular complexity index is 1270. The molecule has 7 nitrogen and oxygen atoms in total. The highest BCUT2D eigenvalue weighted by Gasteiger charge is 2.20. The van der Waals surface area contributed by atoms with Crippen LogP contribution in [-0.4, -0.2) is 34.2 Å². The maximum Gasteiger partial charge on any atom is 0.264 e. The van der Waals surface area contributed by atoms with E-state index in [0.29, 0.717) is 10.7 Å². The molecular formula is C24H26N4O3S. The predicted octanol–water partition coefficient (Wildman–Crippen LogP) is 5.09. The number of nitrogens with one attached hydrogen (secondary N) is 1. The number of anilines is 1. The molecule has 0 aliphatic rings. The third-order valence-corrected chi connectivity index (χ3v) is 5.82. The lowest BCUT2D eigenvalue weighted by Gasteiger charge is -2.23. The van der Waals surface area contributed by atoms with Crippen LogP contribution < -0.4 is 14.8 Å². The lowest BCUT2D eigenvalue weighted by molar-refractivity contribution is -0.118. The third kappa shape index (κ3) is 4.60. The number of aryl methyl sites for hydroxylation is 1. The Labute approximate surface area is 191 Å². The quantitative estimate of drug-likeness (QED) is 0.443. The second kappa shape index (κ2) is 8.63. The summed E-state index contributed by atoms with van der Waals surface area (Å²) in [6.45, 7) is 8.28. The average Bonchev–Trinajstić information content (AvgIpc) is 3.32. The van der Waals surface area contributed by atoms with Crippen molar-refractivity contribution in [2.45, 2.75) is 33.1 Å². The zero-order valence-corrected chi connectivity index (χ0v) is 19.6. The first-order valence-electron chi connectivity index (χ1n) is 10.3. The molecule has 1 N–H and O–H groups in total. The van der Waals surface area contributed by atoms with Crippen LogP contribution in [0.25, 0.3) is 16.2 Å². The molecule has 2 heterocycles. The van der Waals surface area contributed by atoms with E-state index in [9.17, 15) is 4.79 Å². The summed E-state index contributed by atoms with van der Waals surface area (Å²) in [5.74, 6) is 1.40. The zero-order chi connectivity index (χ0) is 22.9. The Morgan fingerprint density at radius 1 is 1.19 bits per heavy atom. The van der Waals surface area contributed by atoms with Crippen molar-refractivity contribution in [3.63, 3.8) is 0 Å². The van der Waals surface area contributed by atoms with E-state index < -0.39 is 0 Å². The average molecular weight is 451 g/mol. The summed E-state index contributed by atoms with van der Waals surface area (Å²) < 4.78 is 12.9. The zero-order valence-electron chi connectivity index (χ0n) is 18.8. The minimum absolute atomic E-state index is 0.0931. The summed E-state index contributed by atoms with van der Waals surface area (Å²) in [6, 6.07) is 13.7. The first-order chi connectivity index (χ1) is 15.2. The summed E-state index contributed by atoms with van der Waals surface area (Å²) in [4.78, 5) is 17.6. The summed E-state index contributed by atoms with van der Waals surface area (Å²) in [5, 5.41) is 9.17. The Balaban J connectivity index is 1.48. The van der Waals surface area contributed by atoms with Gasteiger partial charge in [-0.2, -0.15) is 4.98 Å². The molecule has 0 atom stereocenters. The number of carbonyl (C=O) groups is 1. The van der Waals surface area contributed by atoms with Crippen LogP contribution in [0.3, 0.4) is 0 Å². The van der Waals surface area contributed by atoms with Gasteiger partial charge in [-0.15, -0.1) is 16.4 Å². The predicted molar refractivity (Wildman–Crippen MR) is 127 cm³/mol. The molecular weight excluding hydrogens is 424 g/mol. The van der Waals surface area contributed by atoms with Gasteiger partial charge in [-0.3, -0.25) is 10.1 Å². The lowest BCUT2D eigenvalue weighted by Crippen LogP contribution is -2.22. The number of aromatic nitrogens is 3. The van der Waals surface area contributed by atoms with Crippen molar-refractivity contribution < 1.29 is 14.3 Å². The largest absolute Gasteiger partial charge is 0.497 e. The molecule has 4 rings (SSSR count). The Kier molecular flexibility index (Phi) is 5.88. The van der Waals surface area contributed by atoms with E-state index in [2.05, 4.69) is 42.2 Å². The van der Waals surface area contributed by atoms with Crippen LogP contribution in [0, 0.1) is 6.92 Å². The monoisotopic (exact) mass is 450 g/mol. The first-order valence-corrected chi connectivity index (χ1v) is 11.1. The minimum Gasteiger partial charge on any atom is -0.497 e. The molecule has 0 aliphatic heterocycles. The molecule has 0 spiro atoms. The van der Waals surface area contributed by atoms with Gasteiger partial charge in [0, 0.05) is 10.9 Å². The van der Waals surface area contributed by atoms with E-state index in [-0.39, 0.29) is 23.9 Å². The van der Waals surface area contributed by atoms with Crippen molar-refractivity contribution in [2.75, 3.05) is 19.0 Å². The minimum atomic E-state index is -0.313. The number of amides is 1. The van der Waals surface area contributed by atoms with Crippen LogP contribution in [0.4, 0.5) is 5.95 Å². The normalized spacial score (nSPS) is 11.5. The van der Waals surface area contributed by atoms with Gasteiger partial charge in [-0.05, 0) is 36.1 Å². The molecule has 0 fully saturated rings. The summed E-state index contributed by atoms with van der Waals surface area (Å²) in [6.07, 6.45) is 0. The number of carbonyl (C=O) groups excluding carboxylic acids is 1. The standard InChI is InChI=1S/C24H26N4O3S/c1-15-9-10-20(18(11-15)24(2,3)4)31-13-21(29)25-22-26-23-28(27-22)19(14-32-23)16-7-6-8-17(12-16)30-5/h6-12,14H,13H2,1-5H3,(H,25,27,29). The second-order valence-electron chi connectivity index (χ2n) is 8.57. The molecule has 0 bridgehead atoms. The molecule has 1 amide bonds. The number of hydrogen-bond acceptors (Lipinski definition) is 6. The Morgan fingerprint density at radius 3 is 2.75 bits per heavy atom. The highest BCUT2D eigenvalue weighted by atomic mass is 32.1. The third-order valence-electron chi connectivity index (χ3n) is 5.00. The molecule has 166 valence electrons. The number of nitrogens with zero attached hydrogens (tertiary/aromatic N) is 3. The fraction of sp³-hybridized carbons (Fsp3) is 0.292. The van der Waals surface area contributed by atoms with Crippen LogP contribution in [0.5, 0.6) is 11.5 Å². The molecule has 2 aromatic carbocycles. The molecule has 0 unspecified atom stereocenters. The molecule has 8 heteroatoms. The first kappa shape index (κ1) is 21.8. The molecule has 32 heavy (non-hydrogen) atoms. The van der Waals surface area contributed by atoms with Crippen molar-refractivity contribution in [3.05, 3.63) is 59.0 Å². The maximum atomic E-state index is 12.5. The van der Waals surface area contributed by atoms with Crippen LogP contribution in [0.1, 0.15) is 31.9 Å². The number of methoxy groups -OCH3 is 1. The van der Waals surface area contributed by atoms with Gasteiger partial charge in [0.2, 0.25) is 4.96 Å². The highest BCUT2D eigenvalue weighted by molar-refractivity contribution is 7.15. The second-order valence-corrected chi connectivity index (χ2v) is 9.41. The number of thiazole rings is 1. The number of ether oxygens (including phenoxy) is 2. The maximum absolute atomic E-state index is 12.5. The van der Waals surface area contributed by atoms with Gasteiger partial charge >= 0.3 is 0 Å². The summed E-state index contributed by atoms with van der Waals surface area (Å²) in [7, 11) is 1.63. The van der Waals surface area contributed by atoms with Gasteiger partial charge < -0.3 is 9.47 Å². The van der Waals surface area contributed by atoms with E-state index in [0.717, 1.165) is 28.1 Å². The molecule has 0 aliphatic carbocycles. The summed E-state index contributed by atoms with van der Waals surface area (Å²) in [5.41, 5.74) is 3.96. The van der Waals surface area contributed by atoms with Gasteiger partial charge in [0.15, 0.2) is 6.61 Å². The van der Waals surface area contributed by atoms with Crippen LogP contribution in [0.15, 0.2) is 47.8 Å². The van der Waals surface area contributed by atoms with Crippen LogP contribution in [0.2, 0.25) is 0 Å². The van der Waals surface area contributed by atoms with E-state index >= 15 is 0 Å².